The molecule has 0 aliphatic rings. The highest BCUT2D eigenvalue weighted by Gasteiger charge is 2.06. The van der Waals surface area contributed by atoms with E-state index in [1.807, 2.05) is 30.3 Å². The second-order valence-corrected chi connectivity index (χ2v) is 4.49. The standard InChI is InChI=1S/C15H18N2O3/c1-3-20-15(19)16-8-9-17-13-7-5-4-6-12(13)10-11(2)14(17)18/h4-7,10H,3,8-9H2,1-2H3,(H,16,19). The minimum Gasteiger partial charge on any atom is -0.450 e. The Kier molecular flexibility index (Phi) is 4.40. The van der Waals surface area contributed by atoms with E-state index in [1.54, 1.807) is 18.4 Å². The van der Waals surface area contributed by atoms with E-state index < -0.39 is 6.09 Å². The van der Waals surface area contributed by atoms with E-state index in [9.17, 15) is 9.59 Å². The molecule has 0 radical (unpaired) electrons. The number of benzene rings is 1. The van der Waals surface area contributed by atoms with Crippen molar-refractivity contribution in [1.82, 2.24) is 9.88 Å². The van der Waals surface area contributed by atoms with Crippen molar-refractivity contribution in [1.29, 1.82) is 0 Å². The first-order valence-electron chi connectivity index (χ1n) is 6.63. The molecule has 0 aliphatic heterocycles. The van der Waals surface area contributed by atoms with Crippen LogP contribution in [-0.2, 0) is 11.3 Å². The maximum Gasteiger partial charge on any atom is 0.407 e. The van der Waals surface area contributed by atoms with Crippen molar-refractivity contribution in [3.05, 3.63) is 46.2 Å². The Morgan fingerprint density at radius 2 is 2.10 bits per heavy atom. The number of ether oxygens (including phenoxy) is 1. The summed E-state index contributed by atoms with van der Waals surface area (Å²) in [5.41, 5.74) is 1.53. The molecular formula is C15H18N2O3. The average molecular weight is 274 g/mol. The smallest absolute Gasteiger partial charge is 0.407 e. The number of carbonyl (C=O) groups is 1. The van der Waals surface area contributed by atoms with Gasteiger partial charge in [-0.2, -0.15) is 0 Å². The van der Waals surface area contributed by atoms with E-state index in [1.165, 1.54) is 0 Å². The van der Waals surface area contributed by atoms with E-state index in [0.717, 1.165) is 10.9 Å². The second-order valence-electron chi connectivity index (χ2n) is 4.49. The van der Waals surface area contributed by atoms with Gasteiger partial charge >= 0.3 is 6.09 Å². The highest BCUT2D eigenvalue weighted by Crippen LogP contribution is 2.12. The van der Waals surface area contributed by atoms with Gasteiger partial charge < -0.3 is 14.6 Å². The molecule has 1 aromatic heterocycles. The molecule has 0 saturated heterocycles. The van der Waals surface area contributed by atoms with Gasteiger partial charge in [0, 0.05) is 18.7 Å². The predicted molar refractivity (Wildman–Crippen MR) is 78.0 cm³/mol. The van der Waals surface area contributed by atoms with E-state index in [-0.39, 0.29) is 5.56 Å². The molecule has 1 N–H and O–H groups in total. The summed E-state index contributed by atoms with van der Waals surface area (Å²) in [6, 6.07) is 9.59. The van der Waals surface area contributed by atoms with Crippen LogP contribution in [-0.4, -0.2) is 23.8 Å². The average Bonchev–Trinajstić information content (AvgIpc) is 2.43. The quantitative estimate of drug-likeness (QED) is 0.928. The molecule has 0 aliphatic carbocycles. The van der Waals surface area contributed by atoms with Gasteiger partial charge in [-0.25, -0.2) is 4.79 Å². The van der Waals surface area contributed by atoms with Crippen molar-refractivity contribution in [3.63, 3.8) is 0 Å². The third-order valence-electron chi connectivity index (χ3n) is 3.06. The summed E-state index contributed by atoms with van der Waals surface area (Å²) in [4.78, 5) is 23.4. The molecule has 0 unspecified atom stereocenters. The number of amides is 1. The van der Waals surface area contributed by atoms with Crippen molar-refractivity contribution < 1.29 is 9.53 Å². The van der Waals surface area contributed by atoms with Crippen molar-refractivity contribution in [2.24, 2.45) is 0 Å². The monoisotopic (exact) mass is 274 g/mol. The highest BCUT2D eigenvalue weighted by molar-refractivity contribution is 5.79. The minimum atomic E-state index is -0.461. The minimum absolute atomic E-state index is 0.0330. The summed E-state index contributed by atoms with van der Waals surface area (Å²) >= 11 is 0. The van der Waals surface area contributed by atoms with Gasteiger partial charge in [-0.15, -0.1) is 0 Å². The maximum atomic E-state index is 12.2. The Balaban J connectivity index is 2.23. The largest absolute Gasteiger partial charge is 0.450 e. The molecule has 1 heterocycles. The number of nitrogens with zero attached hydrogens (tertiary/aromatic N) is 1. The Bertz CT molecular complexity index is 676. The Labute approximate surface area is 117 Å². The van der Waals surface area contributed by atoms with Gasteiger partial charge in [0.05, 0.1) is 12.1 Å². The van der Waals surface area contributed by atoms with Crippen LogP contribution in [0.5, 0.6) is 0 Å². The number of para-hydroxylation sites is 1. The summed E-state index contributed by atoms with van der Waals surface area (Å²) < 4.78 is 6.46. The zero-order valence-corrected chi connectivity index (χ0v) is 11.7. The van der Waals surface area contributed by atoms with E-state index in [4.69, 9.17) is 4.74 Å². The fourth-order valence-electron chi connectivity index (χ4n) is 2.15. The molecule has 5 nitrogen and oxygen atoms in total. The Morgan fingerprint density at radius 1 is 1.35 bits per heavy atom. The highest BCUT2D eigenvalue weighted by atomic mass is 16.5. The molecule has 2 rings (SSSR count). The van der Waals surface area contributed by atoms with E-state index >= 15 is 0 Å². The number of rotatable bonds is 4. The molecule has 1 aromatic carbocycles. The van der Waals surface area contributed by atoms with Crippen LogP contribution >= 0.6 is 0 Å². The number of alkyl carbamates (subject to hydrolysis) is 1. The summed E-state index contributed by atoms with van der Waals surface area (Å²) in [5.74, 6) is 0. The lowest BCUT2D eigenvalue weighted by molar-refractivity contribution is 0.152. The SMILES string of the molecule is CCOC(=O)NCCn1c(=O)c(C)cc2ccccc21. The lowest BCUT2D eigenvalue weighted by Crippen LogP contribution is -2.32. The summed E-state index contributed by atoms with van der Waals surface area (Å²) in [7, 11) is 0. The van der Waals surface area contributed by atoms with Crippen molar-refractivity contribution in [3.8, 4) is 0 Å². The Hall–Kier alpha value is -2.30. The van der Waals surface area contributed by atoms with Crippen LogP contribution in [0.4, 0.5) is 4.79 Å². The summed E-state index contributed by atoms with van der Waals surface area (Å²) in [5, 5.41) is 3.64. The summed E-state index contributed by atoms with van der Waals surface area (Å²) in [6.45, 7) is 4.65. The van der Waals surface area contributed by atoms with Crippen LogP contribution in [0.2, 0.25) is 0 Å². The third-order valence-corrected chi connectivity index (χ3v) is 3.06. The number of nitrogens with one attached hydrogen (secondary N) is 1. The number of fused-ring (bicyclic) bond motifs is 1. The Morgan fingerprint density at radius 3 is 2.85 bits per heavy atom. The van der Waals surface area contributed by atoms with Crippen LogP contribution in [0.3, 0.4) is 0 Å². The predicted octanol–water partition coefficient (Wildman–Crippen LogP) is 2.06. The van der Waals surface area contributed by atoms with Crippen molar-refractivity contribution >= 4 is 17.0 Å². The van der Waals surface area contributed by atoms with Gasteiger partial charge in [-0.3, -0.25) is 4.79 Å². The van der Waals surface area contributed by atoms with Crippen LogP contribution < -0.4 is 10.9 Å². The van der Waals surface area contributed by atoms with Crippen LogP contribution in [0.1, 0.15) is 12.5 Å². The number of aryl methyl sites for hydroxylation is 1. The van der Waals surface area contributed by atoms with Gasteiger partial charge in [-0.05, 0) is 31.4 Å². The van der Waals surface area contributed by atoms with Crippen molar-refractivity contribution in [2.75, 3.05) is 13.2 Å². The van der Waals surface area contributed by atoms with Gasteiger partial charge in [0.2, 0.25) is 0 Å². The number of aromatic nitrogens is 1. The fourth-order valence-corrected chi connectivity index (χ4v) is 2.15. The first kappa shape index (κ1) is 14.1. The van der Waals surface area contributed by atoms with E-state index in [0.29, 0.717) is 25.3 Å². The molecule has 106 valence electrons. The summed E-state index contributed by atoms with van der Waals surface area (Å²) in [6.07, 6.45) is -0.461. The normalized spacial score (nSPS) is 10.5. The first-order valence-corrected chi connectivity index (χ1v) is 6.63. The number of pyridine rings is 1. The third kappa shape index (κ3) is 2.99. The zero-order valence-electron chi connectivity index (χ0n) is 11.7. The van der Waals surface area contributed by atoms with E-state index in [2.05, 4.69) is 5.32 Å². The lowest BCUT2D eigenvalue weighted by Gasteiger charge is -2.12. The molecule has 0 bridgehead atoms. The second kappa shape index (κ2) is 6.23. The van der Waals surface area contributed by atoms with Crippen molar-refractivity contribution in [2.45, 2.75) is 20.4 Å². The van der Waals surface area contributed by atoms with Gasteiger partial charge in [0.25, 0.3) is 5.56 Å². The lowest BCUT2D eigenvalue weighted by atomic mass is 10.1. The van der Waals surface area contributed by atoms with Crippen LogP contribution in [0.25, 0.3) is 10.9 Å². The number of carbonyl (C=O) groups excluding carboxylic acids is 1. The van der Waals surface area contributed by atoms with Gasteiger partial charge in [0.1, 0.15) is 0 Å². The van der Waals surface area contributed by atoms with Gasteiger partial charge in [-0.1, -0.05) is 18.2 Å². The van der Waals surface area contributed by atoms with Crippen LogP contribution in [0, 0.1) is 6.92 Å². The number of hydrogen-bond acceptors (Lipinski definition) is 3. The topological polar surface area (TPSA) is 60.3 Å². The zero-order chi connectivity index (χ0) is 14.5. The number of hydrogen-bond donors (Lipinski definition) is 1. The molecule has 5 heteroatoms. The molecule has 20 heavy (non-hydrogen) atoms. The first-order chi connectivity index (χ1) is 9.63. The molecule has 0 saturated carbocycles. The molecular weight excluding hydrogens is 256 g/mol. The maximum absolute atomic E-state index is 12.2. The molecule has 0 atom stereocenters. The molecule has 0 spiro atoms. The molecule has 1 amide bonds. The van der Waals surface area contributed by atoms with Gasteiger partial charge in [0.15, 0.2) is 0 Å². The molecule has 2 aromatic rings. The fraction of sp³-hybridized carbons (Fsp3) is 0.333. The van der Waals surface area contributed by atoms with Crippen LogP contribution in [0.15, 0.2) is 35.1 Å². The molecule has 0 fully saturated rings.